The topological polar surface area (TPSA) is 83.8 Å². The van der Waals surface area contributed by atoms with Crippen molar-refractivity contribution in [2.45, 2.75) is 6.42 Å². The van der Waals surface area contributed by atoms with Gasteiger partial charge in [-0.3, -0.25) is 24.2 Å². The Balaban J connectivity index is 2.09. The molecule has 0 radical (unpaired) electrons. The van der Waals surface area contributed by atoms with E-state index >= 15 is 0 Å². The summed E-state index contributed by atoms with van der Waals surface area (Å²) in [7, 11) is 0. The van der Waals surface area contributed by atoms with E-state index in [4.69, 9.17) is 0 Å². The summed E-state index contributed by atoms with van der Waals surface area (Å²) in [6, 6.07) is 4.75. The van der Waals surface area contributed by atoms with E-state index in [2.05, 4.69) is 10.3 Å². The smallest absolute Gasteiger partial charge is 0.296 e. The SMILES string of the molecule is O=Cc1cn2c(N3CCC(=O)NC3=O)cccc2n1. The highest BCUT2D eigenvalue weighted by molar-refractivity contribution is 6.05. The normalized spacial score (nSPS) is 15.7. The summed E-state index contributed by atoms with van der Waals surface area (Å²) >= 11 is 0. The van der Waals surface area contributed by atoms with Gasteiger partial charge >= 0.3 is 6.03 Å². The minimum Gasteiger partial charge on any atom is -0.296 e. The van der Waals surface area contributed by atoms with Crippen molar-refractivity contribution in [3.05, 3.63) is 30.1 Å². The molecule has 0 aromatic carbocycles. The fourth-order valence-electron chi connectivity index (χ4n) is 2.07. The number of amides is 3. The molecule has 1 aliphatic heterocycles. The number of carbonyl (C=O) groups is 3. The number of aldehydes is 1. The lowest BCUT2D eigenvalue weighted by atomic mass is 10.3. The first kappa shape index (κ1) is 11.4. The molecule has 0 saturated carbocycles. The number of imidazole rings is 1. The molecule has 1 fully saturated rings. The number of rotatable bonds is 2. The van der Waals surface area contributed by atoms with Crippen molar-refractivity contribution in [2.24, 2.45) is 0 Å². The predicted octanol–water partition coefficient (Wildman–Crippen LogP) is 0.593. The van der Waals surface area contributed by atoms with Gasteiger partial charge in [-0.15, -0.1) is 0 Å². The van der Waals surface area contributed by atoms with Gasteiger partial charge in [0.2, 0.25) is 5.91 Å². The van der Waals surface area contributed by atoms with Crippen LogP contribution in [0.5, 0.6) is 0 Å². The standard InChI is InChI=1S/C12H10N4O3/c17-7-8-6-16-9(13-8)2-1-3-11(16)15-5-4-10(18)14-12(15)19/h1-3,6-7H,4-5H2,(H,14,18,19). The van der Waals surface area contributed by atoms with E-state index in [-0.39, 0.29) is 12.3 Å². The second kappa shape index (κ2) is 4.20. The lowest BCUT2D eigenvalue weighted by Crippen LogP contribution is -2.50. The fourth-order valence-corrected chi connectivity index (χ4v) is 2.07. The Kier molecular flexibility index (Phi) is 2.52. The molecular weight excluding hydrogens is 248 g/mol. The first-order chi connectivity index (χ1) is 9.19. The number of pyridine rings is 1. The second-order valence-corrected chi connectivity index (χ2v) is 4.15. The zero-order chi connectivity index (χ0) is 13.4. The molecule has 7 nitrogen and oxygen atoms in total. The summed E-state index contributed by atoms with van der Waals surface area (Å²) < 4.78 is 1.65. The molecule has 0 unspecified atom stereocenters. The van der Waals surface area contributed by atoms with E-state index < -0.39 is 6.03 Å². The summed E-state index contributed by atoms with van der Waals surface area (Å²) in [6.45, 7) is 0.304. The van der Waals surface area contributed by atoms with Crippen molar-refractivity contribution >= 4 is 29.7 Å². The fraction of sp³-hybridized carbons (Fsp3) is 0.167. The lowest BCUT2D eigenvalue weighted by Gasteiger charge is -2.26. The van der Waals surface area contributed by atoms with Gasteiger partial charge in [0.05, 0.1) is 0 Å². The number of imide groups is 1. The number of nitrogens with zero attached hydrogens (tertiary/aromatic N) is 3. The Labute approximate surface area is 107 Å². The summed E-state index contributed by atoms with van der Waals surface area (Å²) in [5.41, 5.74) is 0.866. The third-order valence-corrected chi connectivity index (χ3v) is 2.94. The lowest BCUT2D eigenvalue weighted by molar-refractivity contribution is -0.120. The summed E-state index contributed by atoms with van der Waals surface area (Å²) in [4.78, 5) is 39.3. The average molecular weight is 258 g/mol. The first-order valence-electron chi connectivity index (χ1n) is 5.73. The monoisotopic (exact) mass is 258 g/mol. The summed E-state index contributed by atoms with van der Waals surface area (Å²) in [5, 5.41) is 2.26. The largest absolute Gasteiger partial charge is 0.329 e. The second-order valence-electron chi connectivity index (χ2n) is 4.15. The number of hydrogen-bond donors (Lipinski definition) is 1. The molecule has 1 N–H and O–H groups in total. The molecule has 3 amide bonds. The maximum atomic E-state index is 11.8. The van der Waals surface area contributed by atoms with Gasteiger partial charge in [-0.25, -0.2) is 9.78 Å². The molecule has 0 spiro atoms. The predicted molar refractivity (Wildman–Crippen MR) is 66.1 cm³/mol. The number of urea groups is 1. The van der Waals surface area contributed by atoms with Crippen LogP contribution >= 0.6 is 0 Å². The zero-order valence-corrected chi connectivity index (χ0v) is 9.87. The van der Waals surface area contributed by atoms with Gasteiger partial charge in [-0.2, -0.15) is 0 Å². The maximum Gasteiger partial charge on any atom is 0.329 e. The number of aromatic nitrogens is 2. The van der Waals surface area contributed by atoms with E-state index in [9.17, 15) is 14.4 Å². The molecule has 2 aromatic heterocycles. The molecule has 0 bridgehead atoms. The minimum absolute atomic E-state index is 0.247. The molecule has 96 valence electrons. The van der Waals surface area contributed by atoms with Gasteiger partial charge in [-0.1, -0.05) is 6.07 Å². The van der Waals surface area contributed by atoms with Gasteiger partial charge in [0.15, 0.2) is 6.29 Å². The van der Waals surface area contributed by atoms with Crippen molar-refractivity contribution in [1.29, 1.82) is 0 Å². The van der Waals surface area contributed by atoms with Crippen LogP contribution in [0.4, 0.5) is 10.6 Å². The molecule has 2 aromatic rings. The van der Waals surface area contributed by atoms with Crippen molar-refractivity contribution in [1.82, 2.24) is 14.7 Å². The van der Waals surface area contributed by atoms with Crippen LogP contribution in [0.3, 0.4) is 0 Å². The van der Waals surface area contributed by atoms with Crippen LogP contribution < -0.4 is 10.2 Å². The zero-order valence-electron chi connectivity index (χ0n) is 9.87. The number of fused-ring (bicyclic) bond motifs is 1. The molecule has 1 aliphatic rings. The number of anilines is 1. The minimum atomic E-state index is -0.467. The van der Waals surface area contributed by atoms with Gasteiger partial charge in [0.1, 0.15) is 17.2 Å². The quantitative estimate of drug-likeness (QED) is 0.799. The van der Waals surface area contributed by atoms with Crippen LogP contribution in [-0.2, 0) is 4.79 Å². The Hall–Kier alpha value is -2.70. The molecular formula is C12H10N4O3. The van der Waals surface area contributed by atoms with Crippen LogP contribution in [0.2, 0.25) is 0 Å². The molecule has 3 rings (SSSR count). The van der Waals surface area contributed by atoms with E-state index in [1.807, 2.05) is 0 Å². The van der Waals surface area contributed by atoms with Gasteiger partial charge in [-0.05, 0) is 12.1 Å². The van der Waals surface area contributed by atoms with E-state index in [1.165, 1.54) is 4.90 Å². The Morgan fingerprint density at radius 3 is 2.89 bits per heavy atom. The Bertz CT molecular complexity index is 691. The first-order valence-corrected chi connectivity index (χ1v) is 5.73. The van der Waals surface area contributed by atoms with Crippen LogP contribution in [-0.4, -0.2) is 34.2 Å². The summed E-state index contributed by atoms with van der Waals surface area (Å²) in [6.07, 6.45) is 2.45. The van der Waals surface area contributed by atoms with Crippen molar-refractivity contribution < 1.29 is 14.4 Å². The van der Waals surface area contributed by atoms with Crippen LogP contribution in [0.25, 0.3) is 5.65 Å². The highest BCUT2D eigenvalue weighted by Crippen LogP contribution is 2.19. The number of nitrogens with one attached hydrogen (secondary N) is 1. The highest BCUT2D eigenvalue weighted by atomic mass is 16.2. The maximum absolute atomic E-state index is 11.8. The average Bonchev–Trinajstić information content (AvgIpc) is 2.82. The van der Waals surface area contributed by atoms with E-state index in [1.54, 1.807) is 28.8 Å². The van der Waals surface area contributed by atoms with Gasteiger partial charge < -0.3 is 0 Å². The third kappa shape index (κ3) is 1.85. The molecule has 7 heteroatoms. The molecule has 0 aliphatic carbocycles. The molecule has 3 heterocycles. The molecule has 1 saturated heterocycles. The molecule has 19 heavy (non-hydrogen) atoms. The number of carbonyl (C=O) groups excluding carboxylic acids is 3. The van der Waals surface area contributed by atoms with E-state index in [0.29, 0.717) is 30.0 Å². The van der Waals surface area contributed by atoms with Gasteiger partial charge in [0, 0.05) is 19.2 Å². The summed E-state index contributed by atoms with van der Waals surface area (Å²) in [5.74, 6) is 0.288. The van der Waals surface area contributed by atoms with Crippen molar-refractivity contribution in [2.75, 3.05) is 11.4 Å². The van der Waals surface area contributed by atoms with Gasteiger partial charge in [0.25, 0.3) is 0 Å². The Morgan fingerprint density at radius 2 is 2.16 bits per heavy atom. The third-order valence-electron chi connectivity index (χ3n) is 2.94. The van der Waals surface area contributed by atoms with Crippen molar-refractivity contribution in [3.8, 4) is 0 Å². The number of hydrogen-bond acceptors (Lipinski definition) is 4. The van der Waals surface area contributed by atoms with Crippen LogP contribution in [0.15, 0.2) is 24.4 Å². The highest BCUT2D eigenvalue weighted by Gasteiger charge is 2.25. The Morgan fingerprint density at radius 1 is 1.32 bits per heavy atom. The van der Waals surface area contributed by atoms with Crippen molar-refractivity contribution in [3.63, 3.8) is 0 Å². The van der Waals surface area contributed by atoms with E-state index in [0.717, 1.165) is 0 Å². The molecule has 0 atom stereocenters. The van der Waals surface area contributed by atoms with Crippen LogP contribution in [0.1, 0.15) is 16.9 Å². The van der Waals surface area contributed by atoms with Crippen LogP contribution in [0, 0.1) is 0 Å².